The Morgan fingerprint density at radius 1 is 1.23 bits per heavy atom. The standard InChI is InChI=1S/C17H32N2O2S/c1-17(2,3)21-16(20)19-9-6-7-14(13-19)11-18-12-15-8-4-5-10-22-15/h14-15,18H,4-13H2,1-3H3. The van der Waals surface area contributed by atoms with Crippen LogP contribution in [0.2, 0.25) is 0 Å². The highest BCUT2D eigenvalue weighted by atomic mass is 32.2. The average molecular weight is 329 g/mol. The normalized spacial score (nSPS) is 26.8. The van der Waals surface area contributed by atoms with E-state index in [1.807, 2.05) is 25.7 Å². The van der Waals surface area contributed by atoms with E-state index in [0.717, 1.165) is 37.8 Å². The number of hydrogen-bond donors (Lipinski definition) is 1. The first-order chi connectivity index (χ1) is 10.4. The van der Waals surface area contributed by atoms with Gasteiger partial charge in [-0.2, -0.15) is 11.8 Å². The molecule has 22 heavy (non-hydrogen) atoms. The minimum absolute atomic E-state index is 0.153. The zero-order valence-electron chi connectivity index (χ0n) is 14.4. The van der Waals surface area contributed by atoms with Gasteiger partial charge in [-0.15, -0.1) is 0 Å². The third kappa shape index (κ3) is 6.37. The monoisotopic (exact) mass is 328 g/mol. The second-order valence-electron chi connectivity index (χ2n) is 7.58. The highest BCUT2D eigenvalue weighted by Crippen LogP contribution is 2.24. The van der Waals surface area contributed by atoms with Gasteiger partial charge < -0.3 is 15.0 Å². The summed E-state index contributed by atoms with van der Waals surface area (Å²) < 4.78 is 5.49. The van der Waals surface area contributed by atoms with Gasteiger partial charge in [0.05, 0.1) is 0 Å². The van der Waals surface area contributed by atoms with Crippen LogP contribution in [0.5, 0.6) is 0 Å². The fourth-order valence-corrected chi connectivity index (χ4v) is 4.41. The number of hydrogen-bond acceptors (Lipinski definition) is 4. The summed E-state index contributed by atoms with van der Waals surface area (Å²) in [6.07, 6.45) is 6.27. The Kier molecular flexibility index (Phi) is 6.87. The molecule has 5 heteroatoms. The Hall–Kier alpha value is -0.420. The van der Waals surface area contributed by atoms with Crippen LogP contribution in [0.1, 0.15) is 52.9 Å². The van der Waals surface area contributed by atoms with Gasteiger partial charge in [-0.05, 0) is 64.7 Å². The van der Waals surface area contributed by atoms with Gasteiger partial charge in [0.25, 0.3) is 0 Å². The fourth-order valence-electron chi connectivity index (χ4n) is 3.14. The largest absolute Gasteiger partial charge is 0.444 e. The van der Waals surface area contributed by atoms with Crippen molar-refractivity contribution < 1.29 is 9.53 Å². The molecule has 0 aliphatic carbocycles. The lowest BCUT2D eigenvalue weighted by atomic mass is 9.98. The predicted molar refractivity (Wildman–Crippen MR) is 93.5 cm³/mol. The molecular formula is C17H32N2O2S. The number of nitrogens with one attached hydrogen (secondary N) is 1. The van der Waals surface area contributed by atoms with E-state index >= 15 is 0 Å². The highest BCUT2D eigenvalue weighted by molar-refractivity contribution is 7.99. The summed E-state index contributed by atoms with van der Waals surface area (Å²) in [5, 5.41) is 4.42. The molecule has 128 valence electrons. The van der Waals surface area contributed by atoms with Gasteiger partial charge in [-0.3, -0.25) is 0 Å². The quantitative estimate of drug-likeness (QED) is 0.857. The van der Waals surface area contributed by atoms with E-state index in [1.54, 1.807) is 0 Å². The third-order valence-electron chi connectivity index (χ3n) is 4.25. The molecule has 2 saturated heterocycles. The average Bonchev–Trinajstić information content (AvgIpc) is 2.47. The first kappa shape index (κ1) is 17.9. The number of ether oxygens (including phenoxy) is 1. The lowest BCUT2D eigenvalue weighted by Crippen LogP contribution is -2.45. The molecular weight excluding hydrogens is 296 g/mol. The number of amides is 1. The van der Waals surface area contributed by atoms with Crippen LogP contribution < -0.4 is 5.32 Å². The maximum atomic E-state index is 12.2. The molecule has 0 spiro atoms. The molecule has 2 aliphatic rings. The van der Waals surface area contributed by atoms with Crippen molar-refractivity contribution in [2.75, 3.05) is 31.9 Å². The van der Waals surface area contributed by atoms with Gasteiger partial charge >= 0.3 is 6.09 Å². The molecule has 2 heterocycles. The number of carbonyl (C=O) groups excluding carboxylic acids is 1. The minimum atomic E-state index is -0.402. The van der Waals surface area contributed by atoms with Gasteiger partial charge in [-0.25, -0.2) is 4.79 Å². The first-order valence-corrected chi connectivity index (χ1v) is 9.79. The van der Waals surface area contributed by atoms with Gasteiger partial charge in [-0.1, -0.05) is 6.42 Å². The zero-order valence-corrected chi connectivity index (χ0v) is 15.2. The van der Waals surface area contributed by atoms with E-state index in [0.29, 0.717) is 5.92 Å². The van der Waals surface area contributed by atoms with E-state index in [-0.39, 0.29) is 6.09 Å². The molecule has 4 nitrogen and oxygen atoms in total. The summed E-state index contributed by atoms with van der Waals surface area (Å²) in [7, 11) is 0. The van der Waals surface area contributed by atoms with Gasteiger partial charge in [0.1, 0.15) is 5.60 Å². The number of nitrogens with zero attached hydrogens (tertiary/aromatic N) is 1. The van der Waals surface area contributed by atoms with Crippen LogP contribution in [0, 0.1) is 5.92 Å². The summed E-state index contributed by atoms with van der Waals surface area (Å²) in [6, 6.07) is 0. The Morgan fingerprint density at radius 2 is 2.05 bits per heavy atom. The molecule has 2 unspecified atom stereocenters. The van der Waals surface area contributed by atoms with Crippen molar-refractivity contribution in [2.45, 2.75) is 63.7 Å². The molecule has 2 rings (SSSR count). The van der Waals surface area contributed by atoms with Crippen LogP contribution in [-0.4, -0.2) is 53.8 Å². The maximum absolute atomic E-state index is 12.2. The molecule has 0 aromatic rings. The van der Waals surface area contributed by atoms with Crippen molar-refractivity contribution in [1.82, 2.24) is 10.2 Å². The van der Waals surface area contributed by atoms with E-state index < -0.39 is 5.60 Å². The van der Waals surface area contributed by atoms with E-state index in [1.165, 1.54) is 31.4 Å². The maximum Gasteiger partial charge on any atom is 0.410 e. The summed E-state index contributed by atoms with van der Waals surface area (Å²) in [4.78, 5) is 14.0. The van der Waals surface area contributed by atoms with Crippen LogP contribution >= 0.6 is 11.8 Å². The molecule has 0 bridgehead atoms. The summed E-state index contributed by atoms with van der Waals surface area (Å²) in [5.41, 5.74) is -0.402. The lowest BCUT2D eigenvalue weighted by molar-refractivity contribution is 0.0166. The van der Waals surface area contributed by atoms with Crippen LogP contribution in [0.4, 0.5) is 4.79 Å². The van der Waals surface area contributed by atoms with E-state index in [4.69, 9.17) is 4.74 Å². The molecule has 2 fully saturated rings. The SMILES string of the molecule is CC(C)(C)OC(=O)N1CCCC(CNCC2CCCCS2)C1. The fraction of sp³-hybridized carbons (Fsp3) is 0.941. The number of carbonyl (C=O) groups is 1. The van der Waals surface area contributed by atoms with Crippen LogP contribution in [0.25, 0.3) is 0 Å². The Bertz CT molecular complexity index is 351. The number of rotatable bonds is 4. The molecule has 0 aromatic carbocycles. The highest BCUT2D eigenvalue weighted by Gasteiger charge is 2.27. The minimum Gasteiger partial charge on any atom is -0.444 e. The molecule has 2 atom stereocenters. The molecule has 1 amide bonds. The molecule has 2 aliphatic heterocycles. The van der Waals surface area contributed by atoms with Crippen molar-refractivity contribution in [3.8, 4) is 0 Å². The van der Waals surface area contributed by atoms with Crippen LogP contribution in [0.15, 0.2) is 0 Å². The second kappa shape index (κ2) is 8.44. The lowest BCUT2D eigenvalue weighted by Gasteiger charge is -2.34. The van der Waals surface area contributed by atoms with E-state index in [2.05, 4.69) is 17.1 Å². The van der Waals surface area contributed by atoms with Crippen molar-refractivity contribution in [3.63, 3.8) is 0 Å². The zero-order chi connectivity index (χ0) is 16.0. The Morgan fingerprint density at radius 3 is 2.73 bits per heavy atom. The first-order valence-electron chi connectivity index (χ1n) is 8.74. The van der Waals surface area contributed by atoms with Crippen LogP contribution in [-0.2, 0) is 4.74 Å². The molecule has 1 N–H and O–H groups in total. The second-order valence-corrected chi connectivity index (χ2v) is 8.99. The van der Waals surface area contributed by atoms with Crippen molar-refractivity contribution in [2.24, 2.45) is 5.92 Å². The van der Waals surface area contributed by atoms with E-state index in [9.17, 15) is 4.79 Å². The Balaban J connectivity index is 1.67. The smallest absolute Gasteiger partial charge is 0.410 e. The third-order valence-corrected chi connectivity index (χ3v) is 5.65. The van der Waals surface area contributed by atoms with Crippen molar-refractivity contribution >= 4 is 17.9 Å². The van der Waals surface area contributed by atoms with Crippen molar-refractivity contribution in [1.29, 1.82) is 0 Å². The van der Waals surface area contributed by atoms with Gasteiger partial charge in [0.2, 0.25) is 0 Å². The molecule has 0 saturated carbocycles. The van der Waals surface area contributed by atoms with Crippen LogP contribution in [0.3, 0.4) is 0 Å². The van der Waals surface area contributed by atoms with Gasteiger partial charge in [0, 0.05) is 24.9 Å². The van der Waals surface area contributed by atoms with Gasteiger partial charge in [0.15, 0.2) is 0 Å². The topological polar surface area (TPSA) is 41.6 Å². The number of piperidine rings is 1. The van der Waals surface area contributed by atoms with Crippen molar-refractivity contribution in [3.05, 3.63) is 0 Å². The summed E-state index contributed by atoms with van der Waals surface area (Å²) in [6.45, 7) is 9.59. The predicted octanol–water partition coefficient (Wildman–Crippen LogP) is 3.51. The molecule has 0 radical (unpaired) electrons. The Labute approximate surface area is 139 Å². The summed E-state index contributed by atoms with van der Waals surface area (Å²) >= 11 is 2.11. The molecule has 0 aromatic heterocycles. The number of thioether (sulfide) groups is 1. The summed E-state index contributed by atoms with van der Waals surface area (Å²) in [5.74, 6) is 1.89. The number of likely N-dealkylation sites (tertiary alicyclic amines) is 1.